The van der Waals surface area contributed by atoms with Crippen molar-refractivity contribution in [3.8, 4) is 0 Å². The van der Waals surface area contributed by atoms with Crippen LogP contribution in [-0.2, 0) is 9.53 Å². The standard InChI is InChI=1S/C16H24O6/c1-14(2,20)5-6-16(21)8-10-11(12(18)13(16)19)9(17)7-15(3,4)22-10/h5-6,12-13,18-21H,7-8H2,1-4H3/b6-5+. The zero-order chi connectivity index (χ0) is 16.9. The van der Waals surface area contributed by atoms with Crippen LogP contribution in [0.3, 0.4) is 0 Å². The highest BCUT2D eigenvalue weighted by Crippen LogP contribution is 2.41. The van der Waals surface area contributed by atoms with Crippen LogP contribution in [0.25, 0.3) is 0 Å². The predicted molar refractivity (Wildman–Crippen MR) is 78.8 cm³/mol. The van der Waals surface area contributed by atoms with Crippen LogP contribution in [0.5, 0.6) is 0 Å². The van der Waals surface area contributed by atoms with Gasteiger partial charge < -0.3 is 25.2 Å². The van der Waals surface area contributed by atoms with Gasteiger partial charge in [0.25, 0.3) is 0 Å². The minimum absolute atomic E-state index is 0.0353. The minimum Gasteiger partial charge on any atom is -0.491 e. The van der Waals surface area contributed by atoms with Crippen molar-refractivity contribution in [1.82, 2.24) is 0 Å². The van der Waals surface area contributed by atoms with Crippen molar-refractivity contribution < 1.29 is 30.0 Å². The summed E-state index contributed by atoms with van der Waals surface area (Å²) in [6, 6.07) is 0. The van der Waals surface area contributed by atoms with E-state index in [1.807, 2.05) is 0 Å². The molecule has 124 valence electrons. The zero-order valence-corrected chi connectivity index (χ0v) is 13.3. The number of rotatable bonds is 2. The molecule has 0 aromatic heterocycles. The van der Waals surface area contributed by atoms with E-state index in [9.17, 15) is 25.2 Å². The number of ketones is 1. The molecule has 1 aliphatic heterocycles. The number of carbonyl (C=O) groups excluding carboxylic acids is 1. The Kier molecular flexibility index (Phi) is 4.02. The van der Waals surface area contributed by atoms with Crippen LogP contribution in [0, 0.1) is 0 Å². The van der Waals surface area contributed by atoms with Crippen molar-refractivity contribution in [2.75, 3.05) is 0 Å². The summed E-state index contributed by atoms with van der Waals surface area (Å²) in [4.78, 5) is 12.2. The molecular formula is C16H24O6. The zero-order valence-electron chi connectivity index (χ0n) is 13.3. The predicted octanol–water partition coefficient (Wildman–Crippen LogP) is 0.192. The number of hydrogen-bond donors (Lipinski definition) is 4. The summed E-state index contributed by atoms with van der Waals surface area (Å²) in [6.45, 7) is 6.54. The summed E-state index contributed by atoms with van der Waals surface area (Å²) in [7, 11) is 0. The van der Waals surface area contributed by atoms with Crippen LogP contribution in [0.15, 0.2) is 23.5 Å². The first-order valence-electron chi connectivity index (χ1n) is 7.31. The fourth-order valence-corrected chi connectivity index (χ4v) is 2.82. The Bertz CT molecular complexity index is 539. The van der Waals surface area contributed by atoms with Crippen molar-refractivity contribution >= 4 is 5.78 Å². The molecular weight excluding hydrogens is 288 g/mol. The van der Waals surface area contributed by atoms with Crippen LogP contribution in [-0.4, -0.2) is 55.2 Å². The SMILES string of the molecule is CC(C)(O)/C=C/C1(O)CC2=C(C(=O)CC(C)(C)O2)C(O)C1O. The fraction of sp³-hybridized carbons (Fsp3) is 0.688. The highest BCUT2D eigenvalue weighted by molar-refractivity contribution is 5.98. The normalized spacial score (nSPS) is 35.5. The van der Waals surface area contributed by atoms with Gasteiger partial charge in [0.15, 0.2) is 5.78 Å². The summed E-state index contributed by atoms with van der Waals surface area (Å²) in [5.74, 6) is -0.0896. The number of ether oxygens (including phenoxy) is 1. The van der Waals surface area contributed by atoms with Crippen LogP contribution in [0.1, 0.15) is 40.5 Å². The Balaban J connectivity index is 2.41. The Morgan fingerprint density at radius 2 is 1.86 bits per heavy atom. The minimum atomic E-state index is -1.81. The van der Waals surface area contributed by atoms with E-state index in [4.69, 9.17) is 4.74 Å². The molecule has 2 rings (SSSR count). The summed E-state index contributed by atoms with van der Waals surface area (Å²) < 4.78 is 5.73. The first kappa shape index (κ1) is 17.1. The molecule has 1 aliphatic carbocycles. The van der Waals surface area contributed by atoms with E-state index in [-0.39, 0.29) is 30.0 Å². The molecule has 0 saturated carbocycles. The average Bonchev–Trinajstić information content (AvgIpc) is 2.31. The third-order valence-electron chi connectivity index (χ3n) is 3.92. The van der Waals surface area contributed by atoms with Crippen molar-refractivity contribution in [1.29, 1.82) is 0 Å². The lowest BCUT2D eigenvalue weighted by Gasteiger charge is -2.44. The third-order valence-corrected chi connectivity index (χ3v) is 3.92. The number of hydrogen-bond acceptors (Lipinski definition) is 6. The largest absolute Gasteiger partial charge is 0.491 e. The van der Waals surface area contributed by atoms with Gasteiger partial charge in [0.1, 0.15) is 29.2 Å². The molecule has 0 amide bonds. The van der Waals surface area contributed by atoms with E-state index >= 15 is 0 Å². The van der Waals surface area contributed by atoms with Gasteiger partial charge in [-0.05, 0) is 27.7 Å². The van der Waals surface area contributed by atoms with Crippen molar-refractivity contribution in [2.24, 2.45) is 0 Å². The molecule has 0 fully saturated rings. The van der Waals surface area contributed by atoms with Gasteiger partial charge >= 0.3 is 0 Å². The molecule has 0 aromatic carbocycles. The lowest BCUT2D eigenvalue weighted by molar-refractivity contribution is -0.141. The van der Waals surface area contributed by atoms with Gasteiger partial charge in [-0.3, -0.25) is 4.79 Å². The molecule has 6 nitrogen and oxygen atoms in total. The third kappa shape index (κ3) is 3.25. The van der Waals surface area contributed by atoms with Crippen molar-refractivity contribution in [3.63, 3.8) is 0 Å². The quantitative estimate of drug-likeness (QED) is 0.542. The van der Waals surface area contributed by atoms with E-state index in [1.54, 1.807) is 13.8 Å². The maximum absolute atomic E-state index is 12.2. The fourth-order valence-electron chi connectivity index (χ4n) is 2.82. The van der Waals surface area contributed by atoms with E-state index < -0.39 is 29.0 Å². The number of carbonyl (C=O) groups is 1. The summed E-state index contributed by atoms with van der Waals surface area (Å²) in [5, 5.41) is 40.8. The second kappa shape index (κ2) is 5.16. The number of aliphatic hydroxyl groups excluding tert-OH is 2. The molecule has 0 bridgehead atoms. The number of aliphatic hydroxyl groups is 4. The van der Waals surface area contributed by atoms with Gasteiger partial charge in [0, 0.05) is 6.42 Å². The molecule has 22 heavy (non-hydrogen) atoms. The van der Waals surface area contributed by atoms with Crippen LogP contribution >= 0.6 is 0 Å². The Morgan fingerprint density at radius 3 is 2.41 bits per heavy atom. The molecule has 0 aromatic rings. The van der Waals surface area contributed by atoms with E-state index in [0.29, 0.717) is 0 Å². The second-order valence-electron chi connectivity index (χ2n) is 7.34. The molecule has 6 heteroatoms. The van der Waals surface area contributed by atoms with Gasteiger partial charge in [-0.2, -0.15) is 0 Å². The highest BCUT2D eigenvalue weighted by atomic mass is 16.5. The Hall–Kier alpha value is -1.21. The first-order chi connectivity index (χ1) is 9.85. The van der Waals surface area contributed by atoms with Crippen LogP contribution in [0.2, 0.25) is 0 Å². The molecule has 0 saturated heterocycles. The lowest BCUT2D eigenvalue weighted by atomic mass is 9.75. The maximum atomic E-state index is 12.2. The van der Waals surface area contributed by atoms with Gasteiger partial charge in [-0.15, -0.1) is 0 Å². The number of Topliss-reactive ketones (excluding diaryl/α,β-unsaturated/α-hetero) is 1. The smallest absolute Gasteiger partial charge is 0.168 e. The molecule has 2 aliphatic rings. The molecule has 4 N–H and O–H groups in total. The van der Waals surface area contributed by atoms with Gasteiger partial charge in [-0.25, -0.2) is 0 Å². The molecule has 0 radical (unpaired) electrons. The molecule has 1 heterocycles. The maximum Gasteiger partial charge on any atom is 0.168 e. The summed E-state index contributed by atoms with van der Waals surface area (Å²) in [5.41, 5.74) is -3.68. The lowest BCUT2D eigenvalue weighted by Crippen LogP contribution is -2.55. The average molecular weight is 312 g/mol. The molecule has 0 spiro atoms. The van der Waals surface area contributed by atoms with Gasteiger partial charge in [0.2, 0.25) is 0 Å². The summed E-state index contributed by atoms with van der Waals surface area (Å²) >= 11 is 0. The second-order valence-corrected chi connectivity index (χ2v) is 7.34. The molecule has 3 unspecified atom stereocenters. The summed E-state index contributed by atoms with van der Waals surface area (Å²) in [6.07, 6.45) is -0.539. The Morgan fingerprint density at radius 1 is 1.27 bits per heavy atom. The molecule has 3 atom stereocenters. The van der Waals surface area contributed by atoms with Crippen molar-refractivity contribution in [2.45, 2.75) is 69.5 Å². The van der Waals surface area contributed by atoms with Gasteiger partial charge in [0.05, 0.1) is 17.6 Å². The van der Waals surface area contributed by atoms with Crippen LogP contribution in [0.4, 0.5) is 0 Å². The van der Waals surface area contributed by atoms with E-state index in [2.05, 4.69) is 0 Å². The first-order valence-corrected chi connectivity index (χ1v) is 7.31. The van der Waals surface area contributed by atoms with Crippen molar-refractivity contribution in [3.05, 3.63) is 23.5 Å². The topological polar surface area (TPSA) is 107 Å². The monoisotopic (exact) mass is 312 g/mol. The van der Waals surface area contributed by atoms with Crippen LogP contribution < -0.4 is 0 Å². The Labute approximate surface area is 129 Å². The van der Waals surface area contributed by atoms with E-state index in [1.165, 1.54) is 26.0 Å². The van der Waals surface area contributed by atoms with Gasteiger partial charge in [-0.1, -0.05) is 12.2 Å². The van der Waals surface area contributed by atoms with E-state index in [0.717, 1.165) is 0 Å². The highest BCUT2D eigenvalue weighted by Gasteiger charge is 2.51.